The molecule has 28 heavy (non-hydrogen) atoms. The largest absolute Gasteiger partial charge is 0.447 e. The van der Waals surface area contributed by atoms with E-state index in [1.165, 1.54) is 5.56 Å². The Balaban J connectivity index is 1.51. The number of amides is 2. The standard InChI is InChI=1S/C22H25N3O3/c1-16(26)24-12-10-18(11-13-24)20-8-5-9-21(23-20)25-19(15-28-22(25)27)14-17-6-3-2-4-7-17/h2-9,18-19H,10-15H2,1H3/t19-/m1/s1. The maximum absolute atomic E-state index is 12.4. The summed E-state index contributed by atoms with van der Waals surface area (Å²) in [7, 11) is 0. The normalized spacial score (nSPS) is 20.3. The summed E-state index contributed by atoms with van der Waals surface area (Å²) in [6, 6.07) is 15.9. The first-order valence-corrected chi connectivity index (χ1v) is 9.84. The van der Waals surface area contributed by atoms with E-state index in [0.29, 0.717) is 18.3 Å². The Kier molecular flexibility index (Phi) is 5.28. The van der Waals surface area contributed by atoms with Gasteiger partial charge in [0, 0.05) is 31.6 Å². The first kappa shape index (κ1) is 18.5. The summed E-state index contributed by atoms with van der Waals surface area (Å²) in [6.07, 6.45) is 2.19. The van der Waals surface area contributed by atoms with Crippen molar-refractivity contribution in [2.24, 2.45) is 0 Å². The van der Waals surface area contributed by atoms with Gasteiger partial charge >= 0.3 is 6.09 Å². The SMILES string of the molecule is CC(=O)N1CCC(c2cccc(N3C(=O)OC[C@H]3Cc3ccccc3)n2)CC1. The van der Waals surface area contributed by atoms with Crippen molar-refractivity contribution in [3.8, 4) is 0 Å². The van der Waals surface area contributed by atoms with E-state index in [4.69, 9.17) is 9.72 Å². The molecule has 1 aromatic heterocycles. The van der Waals surface area contributed by atoms with Crippen LogP contribution in [0.25, 0.3) is 0 Å². The zero-order chi connectivity index (χ0) is 19.5. The number of carbonyl (C=O) groups is 2. The predicted octanol–water partition coefficient (Wildman–Crippen LogP) is 3.38. The molecule has 0 N–H and O–H groups in total. The van der Waals surface area contributed by atoms with Gasteiger partial charge in [0.25, 0.3) is 0 Å². The second-order valence-electron chi connectivity index (χ2n) is 7.49. The van der Waals surface area contributed by atoms with E-state index in [9.17, 15) is 9.59 Å². The molecule has 0 aliphatic carbocycles. The van der Waals surface area contributed by atoms with E-state index < -0.39 is 0 Å². The number of aromatic nitrogens is 1. The van der Waals surface area contributed by atoms with Crippen LogP contribution < -0.4 is 4.90 Å². The predicted molar refractivity (Wildman–Crippen MR) is 106 cm³/mol. The van der Waals surface area contributed by atoms with Crippen molar-refractivity contribution in [3.63, 3.8) is 0 Å². The third kappa shape index (κ3) is 3.86. The van der Waals surface area contributed by atoms with E-state index in [-0.39, 0.29) is 18.0 Å². The highest BCUT2D eigenvalue weighted by molar-refractivity contribution is 5.89. The average Bonchev–Trinajstić information content (AvgIpc) is 3.09. The topological polar surface area (TPSA) is 62.7 Å². The molecular formula is C22H25N3O3. The number of ether oxygens (including phenoxy) is 1. The fraction of sp³-hybridized carbons (Fsp3) is 0.409. The molecule has 0 bridgehead atoms. The molecule has 2 aromatic rings. The highest BCUT2D eigenvalue weighted by atomic mass is 16.6. The number of likely N-dealkylation sites (tertiary alicyclic amines) is 1. The van der Waals surface area contributed by atoms with Gasteiger partial charge < -0.3 is 9.64 Å². The van der Waals surface area contributed by atoms with Crippen LogP contribution in [0.1, 0.15) is 36.9 Å². The number of pyridine rings is 1. The highest BCUT2D eigenvalue weighted by Gasteiger charge is 2.35. The summed E-state index contributed by atoms with van der Waals surface area (Å²) in [6.45, 7) is 3.50. The molecule has 6 heteroatoms. The fourth-order valence-electron chi connectivity index (χ4n) is 4.07. The summed E-state index contributed by atoms with van der Waals surface area (Å²) in [5, 5.41) is 0. The number of hydrogen-bond acceptors (Lipinski definition) is 4. The number of nitrogens with zero attached hydrogens (tertiary/aromatic N) is 3. The summed E-state index contributed by atoms with van der Waals surface area (Å²) in [4.78, 5) is 32.3. The number of piperidine rings is 1. The van der Waals surface area contributed by atoms with Crippen LogP contribution in [0.2, 0.25) is 0 Å². The molecule has 2 saturated heterocycles. The quantitative estimate of drug-likeness (QED) is 0.817. The minimum Gasteiger partial charge on any atom is -0.447 e. The lowest BCUT2D eigenvalue weighted by Crippen LogP contribution is -2.37. The number of hydrogen-bond donors (Lipinski definition) is 0. The van der Waals surface area contributed by atoms with Crippen LogP contribution in [0.3, 0.4) is 0 Å². The lowest BCUT2D eigenvalue weighted by Gasteiger charge is -2.31. The van der Waals surface area contributed by atoms with Crippen LogP contribution in [-0.4, -0.2) is 47.6 Å². The van der Waals surface area contributed by atoms with E-state index in [0.717, 1.165) is 38.0 Å². The molecule has 4 rings (SSSR count). The minimum atomic E-state index is -0.336. The van der Waals surface area contributed by atoms with Crippen LogP contribution in [0.15, 0.2) is 48.5 Å². The third-order valence-corrected chi connectivity index (χ3v) is 5.64. The molecule has 0 saturated carbocycles. The average molecular weight is 379 g/mol. The molecule has 0 spiro atoms. The van der Waals surface area contributed by atoms with Crippen LogP contribution in [0, 0.1) is 0 Å². The minimum absolute atomic E-state index is 0.0581. The van der Waals surface area contributed by atoms with E-state index in [1.54, 1.807) is 11.8 Å². The zero-order valence-corrected chi connectivity index (χ0v) is 16.1. The number of carbonyl (C=O) groups excluding carboxylic acids is 2. The number of anilines is 1. The van der Waals surface area contributed by atoms with Gasteiger partial charge in [0.05, 0.1) is 6.04 Å². The molecule has 1 aromatic carbocycles. The smallest absolute Gasteiger partial charge is 0.415 e. The van der Waals surface area contributed by atoms with Gasteiger partial charge in [0.1, 0.15) is 12.4 Å². The Morgan fingerprint density at radius 3 is 2.57 bits per heavy atom. The highest BCUT2D eigenvalue weighted by Crippen LogP contribution is 2.30. The third-order valence-electron chi connectivity index (χ3n) is 5.64. The van der Waals surface area contributed by atoms with Gasteiger partial charge in [-0.2, -0.15) is 0 Å². The van der Waals surface area contributed by atoms with Crippen molar-refractivity contribution in [1.29, 1.82) is 0 Å². The Hall–Kier alpha value is -2.89. The molecule has 3 heterocycles. The zero-order valence-electron chi connectivity index (χ0n) is 16.1. The lowest BCUT2D eigenvalue weighted by molar-refractivity contribution is -0.129. The fourth-order valence-corrected chi connectivity index (χ4v) is 4.07. The molecule has 6 nitrogen and oxygen atoms in total. The molecule has 146 valence electrons. The first-order valence-electron chi connectivity index (χ1n) is 9.84. The van der Waals surface area contributed by atoms with E-state index >= 15 is 0 Å². The molecule has 2 fully saturated rings. The van der Waals surface area contributed by atoms with Gasteiger partial charge in [-0.25, -0.2) is 9.78 Å². The maximum Gasteiger partial charge on any atom is 0.415 e. The maximum atomic E-state index is 12.4. The van der Waals surface area contributed by atoms with Crippen molar-refractivity contribution in [2.75, 3.05) is 24.6 Å². The summed E-state index contributed by atoms with van der Waals surface area (Å²) >= 11 is 0. The van der Waals surface area contributed by atoms with Gasteiger partial charge in [0.15, 0.2) is 0 Å². The Bertz CT molecular complexity index is 847. The number of rotatable bonds is 4. The van der Waals surface area contributed by atoms with Gasteiger partial charge in [-0.3, -0.25) is 9.69 Å². The Labute approximate surface area is 165 Å². The molecule has 2 amide bonds. The van der Waals surface area contributed by atoms with Gasteiger partial charge in [-0.15, -0.1) is 0 Å². The Morgan fingerprint density at radius 1 is 1.11 bits per heavy atom. The van der Waals surface area contributed by atoms with Gasteiger partial charge in [-0.1, -0.05) is 36.4 Å². The summed E-state index contributed by atoms with van der Waals surface area (Å²) in [5.74, 6) is 1.08. The molecule has 2 aliphatic heterocycles. The van der Waals surface area contributed by atoms with Crippen LogP contribution >= 0.6 is 0 Å². The Morgan fingerprint density at radius 2 is 1.86 bits per heavy atom. The molecule has 0 unspecified atom stereocenters. The van der Waals surface area contributed by atoms with Crippen molar-refractivity contribution >= 4 is 17.8 Å². The first-order chi connectivity index (χ1) is 13.6. The van der Waals surface area contributed by atoms with Crippen LogP contribution in [0.4, 0.5) is 10.6 Å². The van der Waals surface area contributed by atoms with Gasteiger partial charge in [0.2, 0.25) is 5.91 Å². The van der Waals surface area contributed by atoms with Crippen LogP contribution in [0.5, 0.6) is 0 Å². The second-order valence-corrected chi connectivity index (χ2v) is 7.49. The summed E-state index contributed by atoms with van der Waals surface area (Å²) < 4.78 is 5.33. The molecule has 1 atom stereocenters. The summed E-state index contributed by atoms with van der Waals surface area (Å²) in [5.41, 5.74) is 2.16. The van der Waals surface area contributed by atoms with E-state index in [1.807, 2.05) is 41.3 Å². The lowest BCUT2D eigenvalue weighted by atomic mass is 9.93. The van der Waals surface area contributed by atoms with Crippen molar-refractivity contribution in [3.05, 3.63) is 59.8 Å². The number of cyclic esters (lactones) is 1. The van der Waals surface area contributed by atoms with Crippen molar-refractivity contribution in [2.45, 2.75) is 38.1 Å². The van der Waals surface area contributed by atoms with Crippen LogP contribution in [-0.2, 0) is 16.0 Å². The molecule has 2 aliphatic rings. The van der Waals surface area contributed by atoms with Crippen molar-refractivity contribution < 1.29 is 14.3 Å². The van der Waals surface area contributed by atoms with Crippen molar-refractivity contribution in [1.82, 2.24) is 9.88 Å². The number of benzene rings is 1. The second kappa shape index (κ2) is 8.00. The molecule has 0 radical (unpaired) electrons. The van der Waals surface area contributed by atoms with Gasteiger partial charge in [-0.05, 0) is 37.0 Å². The van der Waals surface area contributed by atoms with E-state index in [2.05, 4.69) is 12.1 Å². The molecular weight excluding hydrogens is 354 g/mol. The monoisotopic (exact) mass is 379 g/mol.